The highest BCUT2D eigenvalue weighted by molar-refractivity contribution is 6.28. The Bertz CT molecular complexity index is 1050. The van der Waals surface area contributed by atoms with Crippen LogP contribution < -0.4 is 16.4 Å². The van der Waals surface area contributed by atoms with Crippen LogP contribution in [0.4, 0.5) is 11.5 Å². The Morgan fingerprint density at radius 3 is 2.48 bits per heavy atom. The molecule has 10 heteroatoms. The van der Waals surface area contributed by atoms with E-state index in [0.29, 0.717) is 36.8 Å². The number of carbonyl (C=O) groups excluding carboxylic acids is 2. The Morgan fingerprint density at radius 2 is 1.87 bits per heavy atom. The SMILES string of the molecule is NC(=O)c1nc(C2CCN(c3cc(C(=O)CC45CC(C4)C5)nc(Cl)n3)CC2)ncc1N. The van der Waals surface area contributed by atoms with Crippen LogP contribution in [0.15, 0.2) is 12.3 Å². The van der Waals surface area contributed by atoms with Crippen molar-refractivity contribution >= 4 is 34.8 Å². The van der Waals surface area contributed by atoms with Crippen molar-refractivity contribution < 1.29 is 9.59 Å². The molecule has 0 spiro atoms. The summed E-state index contributed by atoms with van der Waals surface area (Å²) < 4.78 is 0. The fourth-order valence-electron chi connectivity index (χ4n) is 5.18. The van der Waals surface area contributed by atoms with E-state index in [9.17, 15) is 9.59 Å². The van der Waals surface area contributed by atoms with Crippen LogP contribution in [0, 0.1) is 11.3 Å². The zero-order valence-electron chi connectivity index (χ0n) is 17.1. The molecule has 4 N–H and O–H groups in total. The lowest BCUT2D eigenvalue weighted by atomic mass is 9.43. The van der Waals surface area contributed by atoms with Gasteiger partial charge in [-0.2, -0.15) is 0 Å². The average molecular weight is 442 g/mol. The summed E-state index contributed by atoms with van der Waals surface area (Å²) in [6, 6.07) is 1.75. The minimum Gasteiger partial charge on any atom is -0.396 e. The van der Waals surface area contributed by atoms with Gasteiger partial charge in [-0.05, 0) is 55.0 Å². The molecule has 3 aliphatic carbocycles. The minimum atomic E-state index is -0.662. The van der Waals surface area contributed by atoms with Gasteiger partial charge in [-0.25, -0.2) is 19.9 Å². The van der Waals surface area contributed by atoms with E-state index >= 15 is 0 Å². The summed E-state index contributed by atoms with van der Waals surface area (Å²) in [6.07, 6.45) is 7.01. The number of primary amides is 1. The molecule has 2 aromatic rings. The van der Waals surface area contributed by atoms with E-state index in [1.165, 1.54) is 25.5 Å². The normalized spacial score (nSPS) is 24.9. The number of ketones is 1. The Kier molecular flexibility index (Phi) is 4.80. The van der Waals surface area contributed by atoms with Gasteiger partial charge < -0.3 is 16.4 Å². The first-order valence-corrected chi connectivity index (χ1v) is 10.9. The Hall–Kier alpha value is -2.81. The molecule has 0 unspecified atom stereocenters. The van der Waals surface area contributed by atoms with Crippen molar-refractivity contribution in [3.8, 4) is 0 Å². The number of anilines is 2. The Balaban J connectivity index is 1.27. The number of hydrogen-bond donors (Lipinski definition) is 2. The second kappa shape index (κ2) is 7.40. The van der Waals surface area contributed by atoms with Crippen LogP contribution in [0.3, 0.4) is 0 Å². The summed E-state index contributed by atoms with van der Waals surface area (Å²) in [4.78, 5) is 43.5. The molecule has 4 fully saturated rings. The second-order valence-electron chi connectivity index (χ2n) is 9.12. The van der Waals surface area contributed by atoms with E-state index in [-0.39, 0.29) is 33.8 Å². The van der Waals surface area contributed by atoms with Crippen molar-refractivity contribution in [2.75, 3.05) is 23.7 Å². The Morgan fingerprint density at radius 1 is 1.16 bits per heavy atom. The van der Waals surface area contributed by atoms with E-state index in [4.69, 9.17) is 23.1 Å². The van der Waals surface area contributed by atoms with Gasteiger partial charge in [-0.1, -0.05) is 0 Å². The summed E-state index contributed by atoms with van der Waals surface area (Å²) in [5.74, 6) is 1.53. The molecule has 31 heavy (non-hydrogen) atoms. The van der Waals surface area contributed by atoms with Crippen molar-refractivity contribution in [2.24, 2.45) is 17.1 Å². The van der Waals surface area contributed by atoms with E-state index in [2.05, 4.69) is 24.8 Å². The monoisotopic (exact) mass is 441 g/mol. The summed E-state index contributed by atoms with van der Waals surface area (Å²) in [5.41, 5.74) is 11.9. The molecule has 9 nitrogen and oxygen atoms in total. The molecule has 1 saturated heterocycles. The molecule has 6 rings (SSSR count). The van der Waals surface area contributed by atoms with Gasteiger partial charge in [-0.15, -0.1) is 0 Å². The third kappa shape index (κ3) is 3.71. The number of nitrogens with zero attached hydrogens (tertiary/aromatic N) is 5. The lowest BCUT2D eigenvalue weighted by molar-refractivity contribution is -0.103. The van der Waals surface area contributed by atoms with Crippen molar-refractivity contribution in [1.29, 1.82) is 0 Å². The van der Waals surface area contributed by atoms with Gasteiger partial charge in [0.2, 0.25) is 5.28 Å². The first-order valence-electron chi connectivity index (χ1n) is 10.6. The molecule has 4 aliphatic rings. The zero-order valence-corrected chi connectivity index (χ0v) is 17.8. The number of carbonyl (C=O) groups is 2. The molecule has 1 amide bonds. The van der Waals surface area contributed by atoms with Crippen molar-refractivity contribution in [3.05, 3.63) is 34.8 Å². The van der Waals surface area contributed by atoms with Gasteiger partial charge in [0.1, 0.15) is 17.3 Å². The maximum absolute atomic E-state index is 12.8. The highest BCUT2D eigenvalue weighted by atomic mass is 35.5. The summed E-state index contributed by atoms with van der Waals surface area (Å²) in [5, 5.41) is 0.0912. The van der Waals surface area contributed by atoms with Crippen LogP contribution >= 0.6 is 11.6 Å². The highest BCUT2D eigenvalue weighted by Gasteiger charge is 2.57. The molecule has 2 bridgehead atoms. The maximum atomic E-state index is 12.8. The third-order valence-corrected chi connectivity index (χ3v) is 7.09. The molecule has 2 aromatic heterocycles. The fourth-order valence-corrected chi connectivity index (χ4v) is 5.36. The van der Waals surface area contributed by atoms with Crippen molar-refractivity contribution in [3.63, 3.8) is 0 Å². The maximum Gasteiger partial charge on any atom is 0.269 e. The third-order valence-electron chi connectivity index (χ3n) is 6.92. The number of halogens is 1. The topological polar surface area (TPSA) is 141 Å². The first kappa shape index (κ1) is 20.1. The van der Waals surface area contributed by atoms with Crippen LogP contribution in [0.25, 0.3) is 0 Å². The first-order chi connectivity index (χ1) is 14.8. The number of Topliss-reactive ketones (excluding diaryl/α,β-unsaturated/α-hetero) is 1. The van der Waals surface area contributed by atoms with Gasteiger partial charge >= 0.3 is 0 Å². The molecular weight excluding hydrogens is 418 g/mol. The molecule has 162 valence electrons. The minimum absolute atomic E-state index is 0.0489. The van der Waals surface area contributed by atoms with Crippen LogP contribution in [-0.4, -0.2) is 44.7 Å². The van der Waals surface area contributed by atoms with Gasteiger partial charge in [0.25, 0.3) is 5.91 Å². The molecular formula is C21H24ClN7O2. The predicted octanol–water partition coefficient (Wildman–Crippen LogP) is 2.36. The zero-order chi connectivity index (χ0) is 21.8. The number of piperidine rings is 1. The van der Waals surface area contributed by atoms with Crippen LogP contribution in [0.2, 0.25) is 5.28 Å². The van der Waals surface area contributed by atoms with Crippen LogP contribution in [0.5, 0.6) is 0 Å². The summed E-state index contributed by atoms with van der Waals surface area (Å²) in [7, 11) is 0. The lowest BCUT2D eigenvalue weighted by Gasteiger charge is -2.61. The molecule has 0 aromatic carbocycles. The van der Waals surface area contributed by atoms with E-state index in [1.54, 1.807) is 6.07 Å². The number of nitrogens with two attached hydrogens (primary N) is 2. The van der Waals surface area contributed by atoms with E-state index < -0.39 is 5.91 Å². The molecule has 3 heterocycles. The van der Waals surface area contributed by atoms with Gasteiger partial charge in [-0.3, -0.25) is 9.59 Å². The lowest BCUT2D eigenvalue weighted by Crippen LogP contribution is -2.52. The highest BCUT2D eigenvalue weighted by Crippen LogP contribution is 2.66. The number of aromatic nitrogens is 4. The number of rotatable bonds is 6. The quantitative estimate of drug-likeness (QED) is 0.514. The largest absolute Gasteiger partial charge is 0.396 e. The Labute approximate surface area is 184 Å². The fraction of sp³-hybridized carbons (Fsp3) is 0.524. The number of amides is 1. The number of hydrogen-bond acceptors (Lipinski definition) is 8. The van der Waals surface area contributed by atoms with Gasteiger partial charge in [0.05, 0.1) is 11.9 Å². The molecule has 0 atom stereocenters. The summed E-state index contributed by atoms with van der Waals surface area (Å²) >= 11 is 6.15. The van der Waals surface area contributed by atoms with Gasteiger partial charge in [0.15, 0.2) is 11.5 Å². The second-order valence-corrected chi connectivity index (χ2v) is 9.45. The summed E-state index contributed by atoms with van der Waals surface area (Å²) in [6.45, 7) is 1.38. The van der Waals surface area contributed by atoms with Crippen LogP contribution in [0.1, 0.15) is 71.2 Å². The van der Waals surface area contributed by atoms with Gasteiger partial charge in [0, 0.05) is 31.5 Å². The standard InChI is InChI=1S/C21H24ClN7O2/c22-20-26-14(15(30)9-21-6-11(7-21)8-21)5-16(27-20)29-3-1-12(2-4-29)19-25-10-13(23)17(28-19)18(24)31/h5,10-12H,1-4,6-9,23H2,(H2,24,31). The van der Waals surface area contributed by atoms with Crippen LogP contribution in [-0.2, 0) is 0 Å². The average Bonchev–Trinajstić information content (AvgIpc) is 2.69. The van der Waals surface area contributed by atoms with E-state index in [0.717, 1.165) is 18.8 Å². The molecule has 3 saturated carbocycles. The van der Waals surface area contributed by atoms with Crippen molar-refractivity contribution in [1.82, 2.24) is 19.9 Å². The van der Waals surface area contributed by atoms with Crippen molar-refractivity contribution in [2.45, 2.75) is 44.4 Å². The predicted molar refractivity (Wildman–Crippen MR) is 115 cm³/mol. The van der Waals surface area contributed by atoms with E-state index in [1.807, 2.05) is 0 Å². The molecule has 0 radical (unpaired) electrons. The smallest absolute Gasteiger partial charge is 0.269 e. The number of nitrogen functional groups attached to an aromatic ring is 1. The molecule has 1 aliphatic heterocycles.